The van der Waals surface area contributed by atoms with Crippen LogP contribution in [-0.4, -0.2) is 9.97 Å². The zero-order valence-electron chi connectivity index (χ0n) is 31.4. The molecule has 0 unspecified atom stereocenters. The van der Waals surface area contributed by atoms with Gasteiger partial charge in [-0.25, -0.2) is 9.97 Å². The molecule has 0 aliphatic heterocycles. The maximum absolute atomic E-state index is 6.37. The van der Waals surface area contributed by atoms with Gasteiger partial charge in [0.15, 0.2) is 5.82 Å². The molecule has 8 aromatic carbocycles. The maximum Gasteiger partial charge on any atom is 0.160 e. The van der Waals surface area contributed by atoms with Crippen LogP contribution in [-0.2, 0) is 5.41 Å². The summed E-state index contributed by atoms with van der Waals surface area (Å²) >= 11 is 0. The normalized spacial score (nSPS) is 12.8. The molecule has 0 saturated heterocycles. The van der Waals surface area contributed by atoms with E-state index in [9.17, 15) is 0 Å². The Morgan fingerprint density at radius 1 is 0.386 bits per heavy atom. The molecule has 1 aliphatic carbocycles. The molecular formula is C54H36N2O. The van der Waals surface area contributed by atoms with Crippen LogP contribution in [0.2, 0.25) is 0 Å². The lowest BCUT2D eigenvalue weighted by atomic mass is 9.74. The van der Waals surface area contributed by atoms with E-state index in [1.807, 2.05) is 30.3 Å². The molecule has 2 heterocycles. The van der Waals surface area contributed by atoms with Crippen molar-refractivity contribution >= 4 is 21.9 Å². The number of hydrogen-bond donors (Lipinski definition) is 0. The molecule has 0 radical (unpaired) electrons. The molecule has 3 heteroatoms. The van der Waals surface area contributed by atoms with E-state index in [1.54, 1.807) is 0 Å². The van der Waals surface area contributed by atoms with Gasteiger partial charge in [0.25, 0.3) is 0 Å². The average Bonchev–Trinajstić information content (AvgIpc) is 3.80. The van der Waals surface area contributed by atoms with E-state index in [1.165, 1.54) is 27.8 Å². The third-order valence-corrected chi connectivity index (χ3v) is 11.9. The van der Waals surface area contributed by atoms with E-state index in [-0.39, 0.29) is 5.41 Å². The van der Waals surface area contributed by atoms with Gasteiger partial charge in [-0.1, -0.05) is 188 Å². The van der Waals surface area contributed by atoms with Gasteiger partial charge in [-0.05, 0) is 63.6 Å². The Kier molecular flexibility index (Phi) is 7.61. The summed E-state index contributed by atoms with van der Waals surface area (Å²) in [5.74, 6) is 0.691. The Morgan fingerprint density at radius 2 is 0.912 bits per heavy atom. The predicted molar refractivity (Wildman–Crippen MR) is 234 cm³/mol. The van der Waals surface area contributed by atoms with Crippen molar-refractivity contribution in [2.75, 3.05) is 0 Å². The molecule has 0 atom stereocenters. The molecule has 2 aromatic heterocycles. The minimum absolute atomic E-state index is 0.245. The zero-order chi connectivity index (χ0) is 37.9. The Morgan fingerprint density at radius 3 is 1.65 bits per heavy atom. The van der Waals surface area contributed by atoms with Crippen molar-refractivity contribution in [2.24, 2.45) is 0 Å². The van der Waals surface area contributed by atoms with Crippen LogP contribution in [0.4, 0.5) is 0 Å². The fourth-order valence-corrected chi connectivity index (χ4v) is 8.95. The topological polar surface area (TPSA) is 38.9 Å². The second-order valence-corrected chi connectivity index (χ2v) is 15.0. The fraction of sp³-hybridized carbons (Fsp3) is 0.0370. The Labute approximate surface area is 331 Å². The van der Waals surface area contributed by atoms with E-state index < -0.39 is 0 Å². The second-order valence-electron chi connectivity index (χ2n) is 15.0. The molecule has 3 nitrogen and oxygen atoms in total. The minimum atomic E-state index is -0.245. The van der Waals surface area contributed by atoms with Crippen molar-refractivity contribution < 1.29 is 4.42 Å². The number of aromatic nitrogens is 2. The quantitative estimate of drug-likeness (QED) is 0.171. The molecule has 10 aromatic rings. The first kappa shape index (κ1) is 33.0. The Balaban J connectivity index is 0.992. The number of furan rings is 1. The molecule has 0 spiro atoms. The summed E-state index contributed by atoms with van der Waals surface area (Å²) in [4.78, 5) is 10.4. The summed E-state index contributed by atoms with van der Waals surface area (Å²) in [7, 11) is 0. The average molecular weight is 729 g/mol. The first-order valence-electron chi connectivity index (χ1n) is 19.5. The monoisotopic (exact) mass is 728 g/mol. The lowest BCUT2D eigenvalue weighted by molar-refractivity contribution is 0.670. The summed E-state index contributed by atoms with van der Waals surface area (Å²) in [5, 5.41) is 2.25. The van der Waals surface area contributed by atoms with Gasteiger partial charge in [-0.2, -0.15) is 0 Å². The lowest BCUT2D eigenvalue weighted by Crippen LogP contribution is -2.22. The number of rotatable bonds is 6. The maximum atomic E-state index is 6.37. The molecule has 0 N–H and O–H groups in total. The molecular weight excluding hydrogens is 693 g/mol. The van der Waals surface area contributed by atoms with Crippen LogP contribution in [0, 0.1) is 0 Å². The highest BCUT2D eigenvalue weighted by atomic mass is 16.3. The Bertz CT molecular complexity index is 3080. The van der Waals surface area contributed by atoms with E-state index in [0.717, 1.165) is 72.3 Å². The highest BCUT2D eigenvalue weighted by Gasteiger charge is 2.40. The number of hydrogen-bond acceptors (Lipinski definition) is 3. The molecule has 0 saturated carbocycles. The predicted octanol–water partition coefficient (Wildman–Crippen LogP) is 14.0. The van der Waals surface area contributed by atoms with Gasteiger partial charge >= 0.3 is 0 Å². The van der Waals surface area contributed by atoms with Gasteiger partial charge in [0, 0.05) is 38.4 Å². The number of nitrogens with zero attached hydrogens (tertiary/aromatic N) is 2. The third-order valence-electron chi connectivity index (χ3n) is 11.9. The highest BCUT2D eigenvalue weighted by molar-refractivity contribution is 6.09. The molecule has 57 heavy (non-hydrogen) atoms. The van der Waals surface area contributed by atoms with Crippen LogP contribution in [0.1, 0.15) is 23.6 Å². The first-order valence-corrected chi connectivity index (χ1v) is 19.5. The van der Waals surface area contributed by atoms with Crippen molar-refractivity contribution in [2.45, 2.75) is 12.3 Å². The van der Waals surface area contributed by atoms with Crippen LogP contribution in [0.25, 0.3) is 89.2 Å². The van der Waals surface area contributed by atoms with Crippen LogP contribution < -0.4 is 0 Å². The molecule has 0 amide bonds. The van der Waals surface area contributed by atoms with Gasteiger partial charge in [-0.3, -0.25) is 0 Å². The minimum Gasteiger partial charge on any atom is -0.455 e. The van der Waals surface area contributed by atoms with Crippen molar-refractivity contribution in [1.29, 1.82) is 0 Å². The largest absolute Gasteiger partial charge is 0.455 e. The van der Waals surface area contributed by atoms with Crippen LogP contribution >= 0.6 is 0 Å². The summed E-state index contributed by atoms with van der Waals surface area (Å²) < 4.78 is 6.37. The molecule has 1 aliphatic rings. The van der Waals surface area contributed by atoms with Crippen LogP contribution in [0.15, 0.2) is 205 Å². The fourth-order valence-electron chi connectivity index (χ4n) is 8.95. The second kappa shape index (κ2) is 13.1. The summed E-state index contributed by atoms with van der Waals surface area (Å²) in [5.41, 5.74) is 17.4. The van der Waals surface area contributed by atoms with E-state index in [0.29, 0.717) is 5.82 Å². The lowest BCUT2D eigenvalue weighted by Gasteiger charge is -2.28. The van der Waals surface area contributed by atoms with Crippen molar-refractivity contribution in [1.82, 2.24) is 9.97 Å². The molecule has 11 rings (SSSR count). The van der Waals surface area contributed by atoms with E-state index in [4.69, 9.17) is 14.4 Å². The smallest absolute Gasteiger partial charge is 0.160 e. The van der Waals surface area contributed by atoms with Crippen LogP contribution in [0.5, 0.6) is 0 Å². The number of benzene rings is 8. The van der Waals surface area contributed by atoms with Gasteiger partial charge in [-0.15, -0.1) is 0 Å². The third kappa shape index (κ3) is 5.35. The summed E-state index contributed by atoms with van der Waals surface area (Å²) in [6.45, 7) is 2.36. The van der Waals surface area contributed by atoms with Gasteiger partial charge in [0.2, 0.25) is 0 Å². The highest BCUT2D eigenvalue weighted by Crippen LogP contribution is 2.52. The van der Waals surface area contributed by atoms with Crippen molar-refractivity contribution in [3.8, 4) is 67.3 Å². The molecule has 0 fully saturated rings. The van der Waals surface area contributed by atoms with Crippen molar-refractivity contribution in [3.63, 3.8) is 0 Å². The SMILES string of the molecule is CC1(c2ccc(-c3ccccc3-c3cc(-c4ccc(-c5cccc6c5oc5ccccc56)cc4)nc(-c4ccccc4)n3)cc2)c2ccccc2-c2ccccc21. The van der Waals surface area contributed by atoms with Crippen molar-refractivity contribution in [3.05, 3.63) is 217 Å². The number of fused-ring (bicyclic) bond motifs is 6. The van der Waals surface area contributed by atoms with Gasteiger partial charge < -0.3 is 4.42 Å². The van der Waals surface area contributed by atoms with E-state index in [2.05, 4.69) is 177 Å². The molecule has 0 bridgehead atoms. The number of para-hydroxylation sites is 2. The first-order chi connectivity index (χ1) is 28.1. The van der Waals surface area contributed by atoms with E-state index >= 15 is 0 Å². The molecule has 268 valence electrons. The Hall–Kier alpha value is -7.36. The van der Waals surface area contributed by atoms with Gasteiger partial charge in [0.05, 0.1) is 11.4 Å². The standard InChI is InChI=1S/C54H36N2O/c1-54(47-23-10-7-17-42(47)43-18-8-11-24-48(43)54)39-32-30-35(31-33-39)40-16-5-6-19-44(40)50-34-49(55-53(56-50)38-14-3-2-4-15-38)37-28-26-36(27-29-37)41-21-13-22-46-45-20-9-12-25-51(45)57-52(41)46/h2-34H,1H3. The summed E-state index contributed by atoms with van der Waals surface area (Å²) in [6, 6.07) is 71.0. The van der Waals surface area contributed by atoms with Gasteiger partial charge in [0.1, 0.15) is 11.2 Å². The summed E-state index contributed by atoms with van der Waals surface area (Å²) in [6.07, 6.45) is 0. The zero-order valence-corrected chi connectivity index (χ0v) is 31.4. The van der Waals surface area contributed by atoms with Crippen LogP contribution in [0.3, 0.4) is 0 Å².